The van der Waals surface area contributed by atoms with Crippen LogP contribution >= 0.6 is 15.9 Å². The molecule has 0 atom stereocenters. The lowest BCUT2D eigenvalue weighted by Gasteiger charge is -2.15. The predicted molar refractivity (Wildman–Crippen MR) is 127 cm³/mol. The van der Waals surface area contributed by atoms with Crippen molar-refractivity contribution in [1.29, 1.82) is 5.26 Å². The van der Waals surface area contributed by atoms with Gasteiger partial charge in [0.2, 0.25) is 0 Å². The molecule has 162 valence electrons. The van der Waals surface area contributed by atoms with Crippen molar-refractivity contribution in [3.63, 3.8) is 0 Å². The number of rotatable bonds is 8. The molecule has 0 fully saturated rings. The molecular weight excluding hydrogens is 472 g/mol. The van der Waals surface area contributed by atoms with Gasteiger partial charge in [0.1, 0.15) is 6.61 Å². The van der Waals surface area contributed by atoms with Gasteiger partial charge in [-0.1, -0.05) is 42.0 Å². The van der Waals surface area contributed by atoms with Crippen molar-refractivity contribution in [2.75, 3.05) is 6.61 Å². The number of nitro groups is 1. The Bertz CT molecular complexity index is 1210. The quantitative estimate of drug-likeness (QED) is 0.151. The van der Waals surface area contributed by atoms with Crippen LogP contribution in [0.5, 0.6) is 11.5 Å². The van der Waals surface area contributed by atoms with E-state index in [-0.39, 0.29) is 5.69 Å². The maximum absolute atomic E-state index is 11.1. The summed E-state index contributed by atoms with van der Waals surface area (Å²) in [5.41, 5.74) is 3.60. The molecule has 0 aliphatic rings. The highest BCUT2D eigenvalue weighted by Crippen LogP contribution is 2.38. The molecular formula is C25H21BrN2O4. The fourth-order valence-corrected chi connectivity index (χ4v) is 3.74. The van der Waals surface area contributed by atoms with E-state index in [2.05, 4.69) is 28.1 Å². The van der Waals surface area contributed by atoms with Gasteiger partial charge in [-0.3, -0.25) is 10.1 Å². The highest BCUT2D eigenvalue weighted by atomic mass is 79.9. The van der Waals surface area contributed by atoms with E-state index in [1.54, 1.807) is 24.3 Å². The number of nitro benzene ring substituents is 1. The molecule has 3 rings (SSSR count). The summed E-state index contributed by atoms with van der Waals surface area (Å²) in [5, 5.41) is 20.7. The molecule has 0 aliphatic carbocycles. The van der Waals surface area contributed by atoms with E-state index in [0.717, 1.165) is 11.1 Å². The first-order chi connectivity index (χ1) is 15.4. The van der Waals surface area contributed by atoms with Crippen molar-refractivity contribution in [3.05, 3.63) is 97.5 Å². The summed E-state index contributed by atoms with van der Waals surface area (Å²) in [4.78, 5) is 10.6. The van der Waals surface area contributed by atoms with Crippen LogP contribution in [0.25, 0.3) is 11.6 Å². The van der Waals surface area contributed by atoms with E-state index < -0.39 is 4.92 Å². The summed E-state index contributed by atoms with van der Waals surface area (Å²) in [7, 11) is 0. The van der Waals surface area contributed by atoms with Gasteiger partial charge in [-0.15, -0.1) is 0 Å². The zero-order valence-corrected chi connectivity index (χ0v) is 19.3. The second-order valence-electron chi connectivity index (χ2n) is 7.02. The molecule has 0 saturated carbocycles. The summed E-state index contributed by atoms with van der Waals surface area (Å²) < 4.78 is 12.5. The zero-order valence-electron chi connectivity index (χ0n) is 17.7. The normalized spacial score (nSPS) is 11.0. The number of nitriles is 1. The molecule has 3 aromatic rings. The lowest BCUT2D eigenvalue weighted by molar-refractivity contribution is -0.384. The van der Waals surface area contributed by atoms with Gasteiger partial charge < -0.3 is 9.47 Å². The Kier molecular flexibility index (Phi) is 7.63. The Hall–Kier alpha value is -3.63. The Morgan fingerprint density at radius 3 is 2.62 bits per heavy atom. The first-order valence-corrected chi connectivity index (χ1v) is 10.7. The fourth-order valence-electron chi connectivity index (χ4n) is 3.17. The molecule has 0 heterocycles. The molecule has 0 saturated heterocycles. The summed E-state index contributed by atoms with van der Waals surface area (Å²) in [6.07, 6.45) is 1.66. The number of halogens is 1. The largest absolute Gasteiger partial charge is 0.490 e. The van der Waals surface area contributed by atoms with Crippen LogP contribution in [0.2, 0.25) is 0 Å². The number of benzene rings is 3. The number of nitrogens with zero attached hydrogens (tertiary/aromatic N) is 2. The summed E-state index contributed by atoms with van der Waals surface area (Å²) in [6.45, 7) is 4.73. The number of non-ortho nitro benzene ring substituents is 1. The van der Waals surface area contributed by atoms with Crippen molar-refractivity contribution < 1.29 is 14.4 Å². The molecule has 3 aromatic carbocycles. The average Bonchev–Trinajstić information content (AvgIpc) is 2.77. The predicted octanol–water partition coefficient (Wildman–Crippen LogP) is 6.71. The monoisotopic (exact) mass is 492 g/mol. The van der Waals surface area contributed by atoms with E-state index in [1.165, 1.54) is 12.1 Å². The van der Waals surface area contributed by atoms with Gasteiger partial charge in [0.05, 0.1) is 27.6 Å². The van der Waals surface area contributed by atoms with Gasteiger partial charge >= 0.3 is 0 Å². The number of allylic oxidation sites excluding steroid dienone is 1. The van der Waals surface area contributed by atoms with Crippen LogP contribution in [0.15, 0.2) is 65.1 Å². The molecule has 0 amide bonds. The maximum Gasteiger partial charge on any atom is 0.270 e. The van der Waals surface area contributed by atoms with Crippen LogP contribution in [0.4, 0.5) is 5.69 Å². The minimum atomic E-state index is -0.483. The second-order valence-corrected chi connectivity index (χ2v) is 7.87. The highest BCUT2D eigenvalue weighted by molar-refractivity contribution is 9.10. The van der Waals surface area contributed by atoms with Crippen LogP contribution in [0.1, 0.15) is 29.2 Å². The van der Waals surface area contributed by atoms with Crippen LogP contribution in [-0.4, -0.2) is 11.5 Å². The molecule has 0 N–H and O–H groups in total. The minimum absolute atomic E-state index is 0.0697. The van der Waals surface area contributed by atoms with E-state index in [0.29, 0.717) is 45.9 Å². The third kappa shape index (κ3) is 5.74. The van der Waals surface area contributed by atoms with Gasteiger partial charge in [-0.05, 0) is 64.7 Å². The van der Waals surface area contributed by atoms with Gasteiger partial charge in [0.25, 0.3) is 5.69 Å². The molecule has 7 heteroatoms. The molecule has 0 spiro atoms. The Balaban J connectivity index is 1.94. The number of ether oxygens (including phenoxy) is 2. The van der Waals surface area contributed by atoms with E-state index in [4.69, 9.17) is 9.47 Å². The lowest BCUT2D eigenvalue weighted by Crippen LogP contribution is -2.01. The van der Waals surface area contributed by atoms with Gasteiger partial charge in [0.15, 0.2) is 11.5 Å². The van der Waals surface area contributed by atoms with Crippen molar-refractivity contribution in [1.82, 2.24) is 0 Å². The summed E-state index contributed by atoms with van der Waals surface area (Å²) in [6, 6.07) is 19.8. The first-order valence-electron chi connectivity index (χ1n) is 9.92. The molecule has 0 unspecified atom stereocenters. The van der Waals surface area contributed by atoms with Crippen LogP contribution in [0.3, 0.4) is 0 Å². The summed E-state index contributed by atoms with van der Waals surface area (Å²) in [5.74, 6) is 1.11. The molecule has 0 bridgehead atoms. The highest BCUT2D eigenvalue weighted by Gasteiger charge is 2.14. The van der Waals surface area contributed by atoms with Gasteiger partial charge in [-0.25, -0.2) is 0 Å². The number of hydrogen-bond donors (Lipinski definition) is 0. The molecule has 0 radical (unpaired) electrons. The smallest absolute Gasteiger partial charge is 0.270 e. The standard InChI is InChI=1S/C25H21BrN2O4/c1-3-31-24-13-19(11-21(15-27)20-8-5-9-22(14-20)28(29)30)12-23(26)25(24)32-16-18-7-4-6-17(2)10-18/h4-14H,3,16H2,1-2H3/b21-11-. The molecule has 6 nitrogen and oxygen atoms in total. The van der Waals surface area contributed by atoms with Crippen LogP contribution in [0, 0.1) is 28.4 Å². The number of hydrogen-bond acceptors (Lipinski definition) is 5. The van der Waals surface area contributed by atoms with Crippen LogP contribution in [-0.2, 0) is 6.61 Å². The molecule has 0 aliphatic heterocycles. The molecule has 0 aromatic heterocycles. The van der Waals surface area contributed by atoms with Crippen molar-refractivity contribution in [2.45, 2.75) is 20.5 Å². The summed E-state index contributed by atoms with van der Waals surface area (Å²) >= 11 is 3.55. The lowest BCUT2D eigenvalue weighted by atomic mass is 10.0. The van der Waals surface area contributed by atoms with Gasteiger partial charge in [0, 0.05) is 12.1 Å². The third-order valence-corrected chi connectivity index (χ3v) is 5.19. The topological polar surface area (TPSA) is 85.4 Å². The number of aryl methyl sites for hydroxylation is 1. The zero-order chi connectivity index (χ0) is 23.1. The van der Waals surface area contributed by atoms with Crippen molar-refractivity contribution in [2.24, 2.45) is 0 Å². The van der Waals surface area contributed by atoms with Gasteiger partial charge in [-0.2, -0.15) is 5.26 Å². The van der Waals surface area contributed by atoms with E-state index >= 15 is 0 Å². The van der Waals surface area contributed by atoms with Crippen LogP contribution < -0.4 is 9.47 Å². The second kappa shape index (κ2) is 10.6. The maximum atomic E-state index is 11.1. The average molecular weight is 493 g/mol. The Labute approximate surface area is 195 Å². The third-order valence-electron chi connectivity index (χ3n) is 4.60. The van der Waals surface area contributed by atoms with Crippen molar-refractivity contribution in [3.8, 4) is 17.6 Å². The van der Waals surface area contributed by atoms with E-state index in [9.17, 15) is 15.4 Å². The van der Waals surface area contributed by atoms with Crippen molar-refractivity contribution >= 4 is 33.3 Å². The Morgan fingerprint density at radius 2 is 1.94 bits per heavy atom. The first kappa shape index (κ1) is 23.0. The fraction of sp³-hybridized carbons (Fsp3) is 0.160. The SMILES string of the molecule is CCOc1cc(/C=C(/C#N)c2cccc([N+](=O)[O-])c2)cc(Br)c1OCc1cccc(C)c1. The minimum Gasteiger partial charge on any atom is -0.490 e. The van der Waals surface area contributed by atoms with E-state index in [1.807, 2.05) is 38.1 Å². The Morgan fingerprint density at radius 1 is 1.16 bits per heavy atom. The molecule has 32 heavy (non-hydrogen) atoms.